The van der Waals surface area contributed by atoms with Crippen LogP contribution < -0.4 is 11.5 Å². The SMILES string of the molecule is Nc1ncccc1CC(N)CC1CCOC1. The highest BCUT2D eigenvalue weighted by Crippen LogP contribution is 2.19. The lowest BCUT2D eigenvalue weighted by Gasteiger charge is -2.15. The number of hydrogen-bond donors (Lipinski definition) is 2. The maximum absolute atomic E-state index is 6.12. The van der Waals surface area contributed by atoms with E-state index in [1.165, 1.54) is 0 Å². The molecule has 0 aliphatic carbocycles. The second-order valence-corrected chi connectivity index (χ2v) is 4.48. The Bertz CT molecular complexity index is 337. The first-order valence-corrected chi connectivity index (χ1v) is 5.78. The van der Waals surface area contributed by atoms with Crippen LogP contribution in [-0.2, 0) is 11.2 Å². The number of hydrogen-bond acceptors (Lipinski definition) is 4. The normalized spacial score (nSPS) is 22.2. The number of anilines is 1. The molecule has 1 saturated heterocycles. The van der Waals surface area contributed by atoms with Crippen molar-refractivity contribution in [1.82, 2.24) is 4.98 Å². The van der Waals surface area contributed by atoms with Crippen molar-refractivity contribution in [3.63, 3.8) is 0 Å². The number of ether oxygens (including phenoxy) is 1. The summed E-state index contributed by atoms with van der Waals surface area (Å²) >= 11 is 0. The molecular weight excluding hydrogens is 202 g/mol. The van der Waals surface area contributed by atoms with Crippen molar-refractivity contribution in [3.8, 4) is 0 Å². The summed E-state index contributed by atoms with van der Waals surface area (Å²) in [5.41, 5.74) is 13.0. The molecule has 2 rings (SSSR count). The predicted octanol–water partition coefficient (Wildman–Crippen LogP) is 0.960. The summed E-state index contributed by atoms with van der Waals surface area (Å²) in [6.07, 6.45) is 4.65. The van der Waals surface area contributed by atoms with Crippen LogP contribution in [0.3, 0.4) is 0 Å². The zero-order valence-electron chi connectivity index (χ0n) is 9.43. The van der Waals surface area contributed by atoms with E-state index in [1.807, 2.05) is 12.1 Å². The fraction of sp³-hybridized carbons (Fsp3) is 0.583. The molecule has 0 aromatic carbocycles. The first kappa shape index (κ1) is 11.4. The molecule has 88 valence electrons. The molecule has 0 spiro atoms. The van der Waals surface area contributed by atoms with E-state index in [9.17, 15) is 0 Å². The lowest BCUT2D eigenvalue weighted by molar-refractivity contribution is 0.182. The van der Waals surface area contributed by atoms with Gasteiger partial charge < -0.3 is 16.2 Å². The number of nitrogen functional groups attached to an aromatic ring is 1. The van der Waals surface area contributed by atoms with Crippen molar-refractivity contribution >= 4 is 5.82 Å². The molecule has 4 nitrogen and oxygen atoms in total. The van der Waals surface area contributed by atoms with Crippen LogP contribution in [0.15, 0.2) is 18.3 Å². The summed E-state index contributed by atoms with van der Waals surface area (Å²) < 4.78 is 5.34. The Morgan fingerprint density at radius 2 is 2.44 bits per heavy atom. The van der Waals surface area contributed by atoms with Gasteiger partial charge >= 0.3 is 0 Å². The van der Waals surface area contributed by atoms with Crippen LogP contribution in [0.25, 0.3) is 0 Å². The number of aromatic nitrogens is 1. The Balaban J connectivity index is 1.86. The van der Waals surface area contributed by atoms with Crippen molar-refractivity contribution in [2.24, 2.45) is 11.7 Å². The number of pyridine rings is 1. The van der Waals surface area contributed by atoms with Crippen molar-refractivity contribution in [2.45, 2.75) is 25.3 Å². The van der Waals surface area contributed by atoms with Gasteiger partial charge in [0.25, 0.3) is 0 Å². The highest BCUT2D eigenvalue weighted by molar-refractivity contribution is 5.38. The molecule has 4 heteroatoms. The third-order valence-electron chi connectivity index (χ3n) is 3.07. The maximum Gasteiger partial charge on any atom is 0.126 e. The van der Waals surface area contributed by atoms with Crippen LogP contribution in [-0.4, -0.2) is 24.2 Å². The minimum atomic E-state index is 0.151. The second kappa shape index (κ2) is 5.27. The molecule has 0 radical (unpaired) electrons. The van der Waals surface area contributed by atoms with Gasteiger partial charge in [-0.15, -0.1) is 0 Å². The zero-order valence-corrected chi connectivity index (χ0v) is 9.43. The summed E-state index contributed by atoms with van der Waals surface area (Å²) in [6, 6.07) is 4.04. The Morgan fingerprint density at radius 3 is 3.12 bits per heavy atom. The summed E-state index contributed by atoms with van der Waals surface area (Å²) in [5.74, 6) is 1.22. The van der Waals surface area contributed by atoms with Gasteiger partial charge in [-0.25, -0.2) is 4.98 Å². The predicted molar refractivity (Wildman–Crippen MR) is 63.9 cm³/mol. The van der Waals surface area contributed by atoms with Gasteiger partial charge in [-0.2, -0.15) is 0 Å². The van der Waals surface area contributed by atoms with Gasteiger partial charge in [-0.3, -0.25) is 0 Å². The van der Waals surface area contributed by atoms with Gasteiger partial charge in [-0.05, 0) is 36.8 Å². The number of rotatable bonds is 4. The molecule has 2 heterocycles. The zero-order chi connectivity index (χ0) is 11.4. The first-order valence-electron chi connectivity index (χ1n) is 5.78. The van der Waals surface area contributed by atoms with E-state index in [-0.39, 0.29) is 6.04 Å². The van der Waals surface area contributed by atoms with Crippen LogP contribution >= 0.6 is 0 Å². The smallest absolute Gasteiger partial charge is 0.126 e. The molecule has 4 N–H and O–H groups in total. The topological polar surface area (TPSA) is 74.2 Å². The van der Waals surface area contributed by atoms with E-state index in [2.05, 4.69) is 4.98 Å². The van der Waals surface area contributed by atoms with Crippen molar-refractivity contribution in [1.29, 1.82) is 0 Å². The molecule has 1 aliphatic heterocycles. The van der Waals surface area contributed by atoms with E-state index in [0.29, 0.717) is 11.7 Å². The largest absolute Gasteiger partial charge is 0.383 e. The standard InChI is InChI=1S/C12H19N3O/c13-11(6-9-3-5-16-8-9)7-10-2-1-4-15-12(10)14/h1-2,4,9,11H,3,5-8,13H2,(H2,14,15). The lowest BCUT2D eigenvalue weighted by atomic mass is 9.95. The molecule has 2 atom stereocenters. The van der Waals surface area contributed by atoms with E-state index < -0.39 is 0 Å². The number of nitrogens with zero attached hydrogens (tertiary/aromatic N) is 1. The van der Waals surface area contributed by atoms with Gasteiger partial charge in [0.15, 0.2) is 0 Å². The third-order valence-corrected chi connectivity index (χ3v) is 3.07. The van der Waals surface area contributed by atoms with Gasteiger partial charge in [0.1, 0.15) is 5.82 Å². The van der Waals surface area contributed by atoms with Crippen LogP contribution in [0, 0.1) is 5.92 Å². The Kier molecular flexibility index (Phi) is 3.74. The van der Waals surface area contributed by atoms with Crippen LogP contribution in [0.4, 0.5) is 5.82 Å². The average Bonchev–Trinajstić information content (AvgIpc) is 2.74. The minimum Gasteiger partial charge on any atom is -0.383 e. The maximum atomic E-state index is 6.12. The molecule has 0 saturated carbocycles. The molecule has 16 heavy (non-hydrogen) atoms. The average molecular weight is 221 g/mol. The molecular formula is C12H19N3O. The van der Waals surface area contributed by atoms with Crippen molar-refractivity contribution in [2.75, 3.05) is 18.9 Å². The van der Waals surface area contributed by atoms with Crippen LogP contribution in [0.1, 0.15) is 18.4 Å². The molecule has 1 aromatic heterocycles. The second-order valence-electron chi connectivity index (χ2n) is 4.48. The van der Waals surface area contributed by atoms with Crippen molar-refractivity contribution < 1.29 is 4.74 Å². The Hall–Kier alpha value is -1.13. The lowest BCUT2D eigenvalue weighted by Crippen LogP contribution is -2.26. The van der Waals surface area contributed by atoms with Gasteiger partial charge in [-0.1, -0.05) is 6.07 Å². The summed E-state index contributed by atoms with van der Waals surface area (Å²) in [7, 11) is 0. The first-order chi connectivity index (χ1) is 7.75. The van der Waals surface area contributed by atoms with E-state index in [4.69, 9.17) is 16.2 Å². The van der Waals surface area contributed by atoms with Gasteiger partial charge in [0.2, 0.25) is 0 Å². The van der Waals surface area contributed by atoms with Crippen LogP contribution in [0.2, 0.25) is 0 Å². The highest BCUT2D eigenvalue weighted by atomic mass is 16.5. The molecule has 1 aliphatic rings. The quantitative estimate of drug-likeness (QED) is 0.794. The third kappa shape index (κ3) is 2.93. The monoisotopic (exact) mass is 221 g/mol. The Labute approximate surface area is 96.0 Å². The molecule has 2 unspecified atom stereocenters. The molecule has 1 fully saturated rings. The van der Waals surface area contributed by atoms with E-state index in [0.717, 1.165) is 38.0 Å². The molecule has 0 amide bonds. The summed E-state index contributed by atoms with van der Waals surface area (Å²) in [5, 5.41) is 0. The number of nitrogens with two attached hydrogens (primary N) is 2. The highest BCUT2D eigenvalue weighted by Gasteiger charge is 2.19. The van der Waals surface area contributed by atoms with E-state index in [1.54, 1.807) is 6.20 Å². The summed E-state index contributed by atoms with van der Waals surface area (Å²) in [6.45, 7) is 1.74. The Morgan fingerprint density at radius 1 is 1.56 bits per heavy atom. The minimum absolute atomic E-state index is 0.151. The molecule has 1 aromatic rings. The summed E-state index contributed by atoms with van der Waals surface area (Å²) in [4.78, 5) is 4.06. The van der Waals surface area contributed by atoms with E-state index >= 15 is 0 Å². The van der Waals surface area contributed by atoms with Crippen LogP contribution in [0.5, 0.6) is 0 Å². The fourth-order valence-corrected chi connectivity index (χ4v) is 2.19. The van der Waals surface area contributed by atoms with Gasteiger partial charge in [0.05, 0.1) is 0 Å². The molecule has 0 bridgehead atoms. The fourth-order valence-electron chi connectivity index (χ4n) is 2.19. The van der Waals surface area contributed by atoms with Gasteiger partial charge in [0, 0.05) is 25.5 Å². The van der Waals surface area contributed by atoms with Crippen molar-refractivity contribution in [3.05, 3.63) is 23.9 Å².